The fourth-order valence-corrected chi connectivity index (χ4v) is 3.52. The van der Waals surface area contributed by atoms with Crippen molar-refractivity contribution in [1.29, 1.82) is 0 Å². The number of pyridine rings is 1. The zero-order chi connectivity index (χ0) is 12.9. The minimum Gasteiger partial charge on any atom is -0.356 e. The van der Waals surface area contributed by atoms with Gasteiger partial charge in [-0.1, -0.05) is 0 Å². The van der Waals surface area contributed by atoms with Crippen molar-refractivity contribution in [3.8, 4) is 0 Å². The van der Waals surface area contributed by atoms with Crippen LogP contribution in [0.1, 0.15) is 13.3 Å². The van der Waals surface area contributed by atoms with Gasteiger partial charge in [0.05, 0.1) is 10.2 Å². The fraction of sp³-hybridized carbons (Fsp3) is 0.400. The molecule has 0 fully saturated rings. The van der Waals surface area contributed by atoms with Crippen molar-refractivity contribution in [3.05, 3.63) is 22.8 Å². The Morgan fingerprint density at radius 3 is 2.82 bits per heavy atom. The lowest BCUT2D eigenvalue weighted by Crippen LogP contribution is -2.23. The van der Waals surface area contributed by atoms with Crippen molar-refractivity contribution in [1.82, 2.24) is 10.3 Å². The summed E-state index contributed by atoms with van der Waals surface area (Å²) in [5.74, 6) is -0.204. The Hall–Kier alpha value is -0.950. The molecule has 1 N–H and O–H groups in total. The highest BCUT2D eigenvalue weighted by molar-refractivity contribution is 9.10. The molecule has 0 radical (unpaired) electrons. The Kier molecular flexibility index (Phi) is 5.07. The molecule has 0 unspecified atom stereocenters. The third-order valence-electron chi connectivity index (χ3n) is 1.98. The molecule has 0 aliphatic rings. The number of rotatable bonds is 5. The number of aromatic nitrogens is 1. The van der Waals surface area contributed by atoms with E-state index in [0.29, 0.717) is 17.4 Å². The molecule has 0 atom stereocenters. The quantitative estimate of drug-likeness (QED) is 0.825. The topological polar surface area (TPSA) is 76.1 Å². The number of carbonyl (C=O) groups is 1. The molecule has 0 aromatic carbocycles. The molecule has 0 spiro atoms. The van der Waals surface area contributed by atoms with Gasteiger partial charge in [0.1, 0.15) is 0 Å². The summed E-state index contributed by atoms with van der Waals surface area (Å²) >= 11 is 3.15. The Bertz CT molecular complexity index is 502. The first-order valence-corrected chi connectivity index (χ1v) is 7.46. The van der Waals surface area contributed by atoms with Crippen LogP contribution in [0.25, 0.3) is 0 Å². The molecule has 1 aromatic rings. The van der Waals surface area contributed by atoms with Crippen molar-refractivity contribution >= 4 is 31.7 Å². The molecule has 0 aliphatic carbocycles. The van der Waals surface area contributed by atoms with Crippen LogP contribution >= 0.6 is 15.9 Å². The normalized spacial score (nSPS) is 11.2. The van der Waals surface area contributed by atoms with Crippen LogP contribution < -0.4 is 5.32 Å². The van der Waals surface area contributed by atoms with Crippen molar-refractivity contribution in [2.75, 3.05) is 12.3 Å². The van der Waals surface area contributed by atoms with E-state index in [-0.39, 0.29) is 16.7 Å². The number of sulfone groups is 1. The van der Waals surface area contributed by atoms with E-state index in [4.69, 9.17) is 0 Å². The molecule has 0 saturated carbocycles. The van der Waals surface area contributed by atoms with Crippen molar-refractivity contribution in [2.24, 2.45) is 0 Å². The predicted octanol–water partition coefficient (Wildman–Crippen LogP) is 1.14. The third kappa shape index (κ3) is 4.43. The van der Waals surface area contributed by atoms with E-state index in [0.717, 1.165) is 0 Å². The lowest BCUT2D eigenvalue weighted by atomic mass is 10.5. The first-order chi connectivity index (χ1) is 7.93. The summed E-state index contributed by atoms with van der Waals surface area (Å²) in [6.45, 7) is 1.74. The van der Waals surface area contributed by atoms with Crippen molar-refractivity contribution in [3.63, 3.8) is 0 Å². The Morgan fingerprint density at radius 1 is 1.53 bits per heavy atom. The summed E-state index contributed by atoms with van der Waals surface area (Å²) in [5, 5.41) is 2.59. The van der Waals surface area contributed by atoms with Crippen molar-refractivity contribution < 1.29 is 13.2 Å². The highest BCUT2D eigenvalue weighted by atomic mass is 79.9. The van der Waals surface area contributed by atoms with Crippen LogP contribution in [0.5, 0.6) is 0 Å². The van der Waals surface area contributed by atoms with Gasteiger partial charge in [-0.2, -0.15) is 0 Å². The summed E-state index contributed by atoms with van der Waals surface area (Å²) in [7, 11) is -3.40. The number of hydrogen-bond acceptors (Lipinski definition) is 4. The molecule has 94 valence electrons. The van der Waals surface area contributed by atoms with Gasteiger partial charge in [0.15, 0.2) is 14.9 Å². The summed E-state index contributed by atoms with van der Waals surface area (Å²) in [5.41, 5.74) is 0. The van der Waals surface area contributed by atoms with Gasteiger partial charge >= 0.3 is 0 Å². The van der Waals surface area contributed by atoms with Gasteiger partial charge in [-0.3, -0.25) is 4.79 Å². The summed E-state index contributed by atoms with van der Waals surface area (Å²) in [6.07, 6.45) is 1.80. The van der Waals surface area contributed by atoms with Gasteiger partial charge in [0, 0.05) is 19.7 Å². The largest absolute Gasteiger partial charge is 0.356 e. The molecule has 1 amide bonds. The Morgan fingerprint density at radius 2 is 2.24 bits per heavy atom. The van der Waals surface area contributed by atoms with Gasteiger partial charge in [0.25, 0.3) is 0 Å². The van der Waals surface area contributed by atoms with Gasteiger partial charge in [-0.15, -0.1) is 0 Å². The van der Waals surface area contributed by atoms with Crippen LogP contribution in [0.4, 0.5) is 0 Å². The fourth-order valence-electron chi connectivity index (χ4n) is 1.22. The average Bonchev–Trinajstić information content (AvgIpc) is 2.24. The first-order valence-electron chi connectivity index (χ1n) is 5.01. The van der Waals surface area contributed by atoms with Crippen LogP contribution in [0.2, 0.25) is 0 Å². The second-order valence-corrected chi connectivity index (χ2v) is 6.32. The molecule has 0 saturated heterocycles. The maximum atomic E-state index is 11.9. The monoisotopic (exact) mass is 320 g/mol. The van der Waals surface area contributed by atoms with E-state index in [9.17, 15) is 13.2 Å². The number of hydrogen-bond donors (Lipinski definition) is 1. The van der Waals surface area contributed by atoms with Crippen LogP contribution in [0, 0.1) is 0 Å². The van der Waals surface area contributed by atoms with Crippen LogP contribution in [0.15, 0.2) is 27.8 Å². The number of nitrogens with zero attached hydrogens (tertiary/aromatic N) is 1. The summed E-state index contributed by atoms with van der Waals surface area (Å²) < 4.78 is 24.2. The van der Waals surface area contributed by atoms with Gasteiger partial charge < -0.3 is 5.32 Å². The van der Waals surface area contributed by atoms with E-state index >= 15 is 0 Å². The lowest BCUT2D eigenvalue weighted by molar-refractivity contribution is -0.118. The van der Waals surface area contributed by atoms with E-state index in [1.54, 1.807) is 12.1 Å². The van der Waals surface area contributed by atoms with E-state index in [1.807, 2.05) is 0 Å². The van der Waals surface area contributed by atoms with Crippen LogP contribution in [-0.2, 0) is 14.6 Å². The van der Waals surface area contributed by atoms with Crippen LogP contribution in [0.3, 0.4) is 0 Å². The number of carbonyl (C=O) groups excluding carboxylic acids is 1. The van der Waals surface area contributed by atoms with E-state index < -0.39 is 9.84 Å². The lowest BCUT2D eigenvalue weighted by Gasteiger charge is -2.05. The smallest absolute Gasteiger partial charge is 0.216 e. The average molecular weight is 321 g/mol. The van der Waals surface area contributed by atoms with Gasteiger partial charge in [0.2, 0.25) is 5.91 Å². The number of amides is 1. The van der Waals surface area contributed by atoms with E-state index in [2.05, 4.69) is 26.2 Å². The molecule has 1 heterocycles. The molecule has 7 heteroatoms. The second-order valence-electron chi connectivity index (χ2n) is 3.45. The highest BCUT2D eigenvalue weighted by Gasteiger charge is 2.18. The van der Waals surface area contributed by atoms with Gasteiger partial charge in [-0.05, 0) is 34.5 Å². The standard InChI is InChI=1S/C10H13BrN2O3S/c1-8(14)12-6-3-7-17(15,16)10-9(11)4-2-5-13-10/h2,4-5H,3,6-7H2,1H3,(H,12,14). The summed E-state index contributed by atoms with van der Waals surface area (Å²) in [4.78, 5) is 14.5. The second kappa shape index (κ2) is 6.11. The minimum absolute atomic E-state index is 0.0388. The minimum atomic E-state index is -3.40. The molecular formula is C10H13BrN2O3S. The molecule has 5 nitrogen and oxygen atoms in total. The maximum Gasteiger partial charge on any atom is 0.216 e. The Balaban J connectivity index is 2.64. The van der Waals surface area contributed by atoms with Crippen molar-refractivity contribution in [2.45, 2.75) is 18.4 Å². The summed E-state index contributed by atoms with van der Waals surface area (Å²) in [6, 6.07) is 3.29. The molecule has 1 aromatic heterocycles. The SMILES string of the molecule is CC(=O)NCCCS(=O)(=O)c1ncccc1Br. The highest BCUT2D eigenvalue weighted by Crippen LogP contribution is 2.19. The van der Waals surface area contributed by atoms with Crippen LogP contribution in [-0.4, -0.2) is 31.6 Å². The first kappa shape index (κ1) is 14.1. The zero-order valence-electron chi connectivity index (χ0n) is 9.31. The Labute approximate surface area is 109 Å². The van der Waals surface area contributed by atoms with Gasteiger partial charge in [-0.25, -0.2) is 13.4 Å². The predicted molar refractivity (Wildman–Crippen MR) is 67.3 cm³/mol. The molecule has 17 heavy (non-hydrogen) atoms. The number of nitrogens with one attached hydrogen (secondary N) is 1. The maximum absolute atomic E-state index is 11.9. The molecule has 0 aliphatic heterocycles. The molecular weight excluding hydrogens is 308 g/mol. The number of halogens is 1. The van der Waals surface area contributed by atoms with E-state index in [1.165, 1.54) is 13.1 Å². The zero-order valence-corrected chi connectivity index (χ0v) is 11.7. The molecule has 0 bridgehead atoms. The molecule has 1 rings (SSSR count). The third-order valence-corrected chi connectivity index (χ3v) is 4.63.